The van der Waals surface area contributed by atoms with Crippen LogP contribution in [-0.4, -0.2) is 22.1 Å². The SMILES string of the molecule is CN(Cc1cscn1)c1nc(CO)co1. The van der Waals surface area contributed by atoms with Gasteiger partial charge in [-0.2, -0.15) is 4.98 Å². The fourth-order valence-electron chi connectivity index (χ4n) is 1.17. The molecular weight excluding hydrogens is 214 g/mol. The van der Waals surface area contributed by atoms with Gasteiger partial charge >= 0.3 is 0 Å². The van der Waals surface area contributed by atoms with Crippen LogP contribution in [0.3, 0.4) is 0 Å². The number of rotatable bonds is 4. The van der Waals surface area contributed by atoms with Gasteiger partial charge in [-0.1, -0.05) is 0 Å². The highest BCUT2D eigenvalue weighted by Crippen LogP contribution is 2.14. The molecule has 0 aliphatic heterocycles. The van der Waals surface area contributed by atoms with E-state index < -0.39 is 0 Å². The van der Waals surface area contributed by atoms with Crippen LogP contribution in [0.5, 0.6) is 0 Å². The van der Waals surface area contributed by atoms with Gasteiger partial charge in [-0.3, -0.25) is 0 Å². The molecule has 0 bridgehead atoms. The number of oxazole rings is 1. The number of hydrogen-bond acceptors (Lipinski definition) is 6. The topological polar surface area (TPSA) is 62.4 Å². The van der Waals surface area contributed by atoms with Gasteiger partial charge < -0.3 is 14.4 Å². The van der Waals surface area contributed by atoms with E-state index in [2.05, 4.69) is 9.97 Å². The zero-order valence-electron chi connectivity index (χ0n) is 8.25. The molecule has 0 spiro atoms. The third kappa shape index (κ3) is 2.34. The average molecular weight is 225 g/mol. The van der Waals surface area contributed by atoms with E-state index in [4.69, 9.17) is 9.52 Å². The highest BCUT2D eigenvalue weighted by molar-refractivity contribution is 7.07. The number of aliphatic hydroxyl groups is 1. The lowest BCUT2D eigenvalue weighted by Crippen LogP contribution is -2.16. The first kappa shape index (κ1) is 10.1. The Morgan fingerprint density at radius 2 is 2.40 bits per heavy atom. The average Bonchev–Trinajstić information content (AvgIpc) is 2.86. The van der Waals surface area contributed by atoms with Gasteiger partial charge in [0.1, 0.15) is 12.0 Å². The number of hydrogen-bond donors (Lipinski definition) is 1. The zero-order chi connectivity index (χ0) is 10.7. The van der Waals surface area contributed by atoms with Crippen LogP contribution in [0.4, 0.5) is 6.01 Å². The van der Waals surface area contributed by atoms with Crippen molar-refractivity contribution in [1.82, 2.24) is 9.97 Å². The predicted octanol–water partition coefficient (Wildman–Crippen LogP) is 1.26. The standard InChI is InChI=1S/C9H11N3O2S/c1-12(2-7-5-15-6-10-7)9-11-8(3-13)4-14-9/h4-6,13H,2-3H2,1H3. The predicted molar refractivity (Wildman–Crippen MR) is 56.6 cm³/mol. The first-order valence-corrected chi connectivity index (χ1v) is 5.37. The minimum absolute atomic E-state index is 0.103. The molecule has 0 aliphatic carbocycles. The lowest BCUT2D eigenvalue weighted by atomic mass is 10.4. The van der Waals surface area contributed by atoms with E-state index in [0.29, 0.717) is 18.3 Å². The summed E-state index contributed by atoms with van der Waals surface area (Å²) in [5.41, 5.74) is 3.30. The highest BCUT2D eigenvalue weighted by Gasteiger charge is 2.09. The Morgan fingerprint density at radius 3 is 3.00 bits per heavy atom. The molecule has 2 rings (SSSR count). The maximum atomic E-state index is 8.84. The van der Waals surface area contributed by atoms with E-state index in [-0.39, 0.29) is 6.61 Å². The van der Waals surface area contributed by atoms with E-state index in [0.717, 1.165) is 5.69 Å². The molecule has 0 aliphatic rings. The van der Waals surface area contributed by atoms with Gasteiger partial charge in [0.15, 0.2) is 0 Å². The van der Waals surface area contributed by atoms with Crippen LogP contribution in [0.25, 0.3) is 0 Å². The van der Waals surface area contributed by atoms with Crippen LogP contribution >= 0.6 is 11.3 Å². The molecule has 80 valence electrons. The Morgan fingerprint density at radius 1 is 1.53 bits per heavy atom. The van der Waals surface area contributed by atoms with Crippen molar-refractivity contribution in [1.29, 1.82) is 0 Å². The summed E-state index contributed by atoms with van der Waals surface area (Å²) in [5, 5.41) is 10.8. The fourth-order valence-corrected chi connectivity index (χ4v) is 1.72. The van der Waals surface area contributed by atoms with E-state index in [1.165, 1.54) is 6.26 Å². The lowest BCUT2D eigenvalue weighted by molar-refractivity contribution is 0.276. The van der Waals surface area contributed by atoms with Gasteiger partial charge in [0.2, 0.25) is 0 Å². The minimum atomic E-state index is -0.103. The quantitative estimate of drug-likeness (QED) is 0.848. The first-order valence-electron chi connectivity index (χ1n) is 4.43. The van der Waals surface area contributed by atoms with Crippen molar-refractivity contribution in [2.24, 2.45) is 0 Å². The maximum Gasteiger partial charge on any atom is 0.297 e. The van der Waals surface area contributed by atoms with Gasteiger partial charge in [-0.25, -0.2) is 4.98 Å². The Labute approximate surface area is 91.0 Å². The van der Waals surface area contributed by atoms with Crippen molar-refractivity contribution in [2.75, 3.05) is 11.9 Å². The summed E-state index contributed by atoms with van der Waals surface area (Å²) in [6, 6.07) is 0.493. The molecule has 5 nitrogen and oxygen atoms in total. The van der Waals surface area contributed by atoms with Gasteiger partial charge in [0.25, 0.3) is 6.01 Å². The lowest BCUT2D eigenvalue weighted by Gasteiger charge is -2.11. The van der Waals surface area contributed by atoms with Crippen LogP contribution in [0.1, 0.15) is 11.4 Å². The number of aliphatic hydroxyl groups excluding tert-OH is 1. The van der Waals surface area contributed by atoms with E-state index in [1.54, 1.807) is 16.8 Å². The van der Waals surface area contributed by atoms with E-state index in [1.807, 2.05) is 17.3 Å². The molecule has 0 radical (unpaired) electrons. The molecule has 0 aromatic carbocycles. The van der Waals surface area contributed by atoms with Crippen LogP contribution in [0.2, 0.25) is 0 Å². The number of anilines is 1. The normalized spacial score (nSPS) is 10.5. The van der Waals surface area contributed by atoms with Crippen molar-refractivity contribution in [2.45, 2.75) is 13.2 Å². The second-order valence-corrected chi connectivity index (χ2v) is 3.83. The van der Waals surface area contributed by atoms with E-state index in [9.17, 15) is 0 Å². The summed E-state index contributed by atoms with van der Waals surface area (Å²) in [4.78, 5) is 10.1. The summed E-state index contributed by atoms with van der Waals surface area (Å²) in [6.45, 7) is 0.545. The van der Waals surface area contributed by atoms with Gasteiger partial charge in [0, 0.05) is 12.4 Å². The molecule has 0 fully saturated rings. The third-order valence-corrected chi connectivity index (χ3v) is 2.55. The van der Waals surface area contributed by atoms with Gasteiger partial charge in [-0.05, 0) is 0 Å². The molecule has 2 aromatic rings. The molecule has 2 heterocycles. The second kappa shape index (κ2) is 4.41. The molecule has 6 heteroatoms. The Balaban J connectivity index is 2.04. The maximum absolute atomic E-state index is 8.84. The summed E-state index contributed by atoms with van der Waals surface area (Å²) in [7, 11) is 1.87. The van der Waals surface area contributed by atoms with Crippen LogP contribution < -0.4 is 4.90 Å². The molecule has 0 saturated heterocycles. The number of thiazole rings is 1. The summed E-state index contributed by atoms with van der Waals surface area (Å²) >= 11 is 1.56. The van der Waals surface area contributed by atoms with Crippen molar-refractivity contribution >= 4 is 17.4 Å². The van der Waals surface area contributed by atoms with Crippen LogP contribution in [0, 0.1) is 0 Å². The van der Waals surface area contributed by atoms with E-state index >= 15 is 0 Å². The van der Waals surface area contributed by atoms with Gasteiger partial charge in [-0.15, -0.1) is 11.3 Å². The summed E-state index contributed by atoms with van der Waals surface area (Å²) in [6.07, 6.45) is 1.45. The Bertz CT molecular complexity index is 413. The molecule has 0 atom stereocenters. The van der Waals surface area contributed by atoms with Crippen LogP contribution in [-0.2, 0) is 13.2 Å². The van der Waals surface area contributed by atoms with Crippen LogP contribution in [0.15, 0.2) is 21.6 Å². The monoisotopic (exact) mass is 225 g/mol. The molecule has 0 unspecified atom stereocenters. The fraction of sp³-hybridized carbons (Fsp3) is 0.333. The number of nitrogens with zero attached hydrogens (tertiary/aromatic N) is 3. The summed E-state index contributed by atoms with van der Waals surface area (Å²) < 4.78 is 5.20. The molecule has 2 aromatic heterocycles. The van der Waals surface area contributed by atoms with Crippen molar-refractivity contribution in [3.63, 3.8) is 0 Å². The number of aromatic nitrogens is 2. The molecule has 0 amide bonds. The van der Waals surface area contributed by atoms with Crippen molar-refractivity contribution in [3.8, 4) is 0 Å². The first-order chi connectivity index (χ1) is 7.29. The molecular formula is C9H11N3O2S. The second-order valence-electron chi connectivity index (χ2n) is 3.12. The third-order valence-electron chi connectivity index (χ3n) is 1.91. The molecule has 0 saturated carbocycles. The zero-order valence-corrected chi connectivity index (χ0v) is 9.07. The highest BCUT2D eigenvalue weighted by atomic mass is 32.1. The Hall–Kier alpha value is -1.40. The van der Waals surface area contributed by atoms with Gasteiger partial charge in [0.05, 0.1) is 24.4 Å². The largest absolute Gasteiger partial charge is 0.432 e. The van der Waals surface area contributed by atoms with Crippen molar-refractivity contribution < 1.29 is 9.52 Å². The molecule has 15 heavy (non-hydrogen) atoms. The summed E-state index contributed by atoms with van der Waals surface area (Å²) in [5.74, 6) is 0. The Kier molecular flexibility index (Phi) is 2.98. The van der Waals surface area contributed by atoms with Crippen molar-refractivity contribution in [3.05, 3.63) is 28.5 Å². The smallest absolute Gasteiger partial charge is 0.297 e. The molecule has 1 N–H and O–H groups in total. The minimum Gasteiger partial charge on any atom is -0.432 e.